The van der Waals surface area contributed by atoms with Crippen molar-refractivity contribution in [1.82, 2.24) is 4.98 Å². The molecular formula is C13H11BrN4O. The van der Waals surface area contributed by atoms with Gasteiger partial charge in [-0.05, 0) is 24.3 Å². The smallest absolute Gasteiger partial charge is 0.215 e. The van der Waals surface area contributed by atoms with Crippen LogP contribution in [0.4, 0.5) is 17.2 Å². The predicted octanol–water partition coefficient (Wildman–Crippen LogP) is 3.05. The van der Waals surface area contributed by atoms with Gasteiger partial charge >= 0.3 is 0 Å². The van der Waals surface area contributed by atoms with Gasteiger partial charge in [0.25, 0.3) is 0 Å². The van der Waals surface area contributed by atoms with Crippen LogP contribution < -0.4 is 15.8 Å². The van der Waals surface area contributed by atoms with Gasteiger partial charge in [-0.3, -0.25) is 0 Å². The fourth-order valence-electron chi connectivity index (χ4n) is 1.51. The lowest BCUT2D eigenvalue weighted by Gasteiger charge is -2.11. The molecule has 3 N–H and O–H groups in total. The quantitative estimate of drug-likeness (QED) is 0.908. The van der Waals surface area contributed by atoms with Gasteiger partial charge in [0.15, 0.2) is 5.82 Å². The van der Waals surface area contributed by atoms with Crippen molar-refractivity contribution in [3.05, 3.63) is 40.4 Å². The summed E-state index contributed by atoms with van der Waals surface area (Å²) in [6, 6.07) is 10.8. The number of pyridine rings is 1. The van der Waals surface area contributed by atoms with Gasteiger partial charge in [-0.2, -0.15) is 10.2 Å². The Labute approximate surface area is 119 Å². The van der Waals surface area contributed by atoms with E-state index in [-0.39, 0.29) is 0 Å². The molecule has 5 nitrogen and oxygen atoms in total. The number of halogens is 1. The third-order valence-electron chi connectivity index (χ3n) is 2.47. The molecule has 0 radical (unpaired) electrons. The van der Waals surface area contributed by atoms with Crippen molar-refractivity contribution in [3.8, 4) is 11.9 Å². The molecule has 0 unspecified atom stereocenters. The SMILES string of the molecule is COc1ccc(N)c(Nc2ccc(Br)cc2C#N)n1. The summed E-state index contributed by atoms with van der Waals surface area (Å²) in [5.41, 5.74) is 7.46. The Morgan fingerprint density at radius 1 is 1.37 bits per heavy atom. The van der Waals surface area contributed by atoms with Crippen molar-refractivity contribution >= 4 is 33.1 Å². The van der Waals surface area contributed by atoms with Gasteiger partial charge in [-0.1, -0.05) is 15.9 Å². The second-order valence-corrected chi connectivity index (χ2v) is 4.63. The van der Waals surface area contributed by atoms with Crippen molar-refractivity contribution in [1.29, 1.82) is 5.26 Å². The summed E-state index contributed by atoms with van der Waals surface area (Å²) in [6.45, 7) is 0. The summed E-state index contributed by atoms with van der Waals surface area (Å²) >= 11 is 3.32. The van der Waals surface area contributed by atoms with Crippen LogP contribution in [0.25, 0.3) is 0 Å². The first-order valence-corrected chi connectivity index (χ1v) is 6.20. The van der Waals surface area contributed by atoms with Crippen LogP contribution in [0.1, 0.15) is 5.56 Å². The average Bonchev–Trinajstić information content (AvgIpc) is 2.43. The number of nitrogens with one attached hydrogen (secondary N) is 1. The third-order valence-corrected chi connectivity index (χ3v) is 2.96. The highest BCUT2D eigenvalue weighted by molar-refractivity contribution is 9.10. The molecule has 0 atom stereocenters. The molecule has 1 aromatic heterocycles. The monoisotopic (exact) mass is 318 g/mol. The number of methoxy groups -OCH3 is 1. The Morgan fingerprint density at radius 2 is 2.16 bits per heavy atom. The molecule has 0 bridgehead atoms. The first-order chi connectivity index (χ1) is 9.13. The molecule has 1 heterocycles. The second-order valence-electron chi connectivity index (χ2n) is 3.72. The lowest BCUT2D eigenvalue weighted by molar-refractivity contribution is 0.398. The zero-order chi connectivity index (χ0) is 13.8. The van der Waals surface area contributed by atoms with Crippen LogP contribution in [0.2, 0.25) is 0 Å². The second kappa shape index (κ2) is 5.59. The summed E-state index contributed by atoms with van der Waals surface area (Å²) in [4.78, 5) is 4.20. The van der Waals surface area contributed by atoms with E-state index in [9.17, 15) is 0 Å². The van der Waals surface area contributed by atoms with Gasteiger partial charge in [0.1, 0.15) is 6.07 Å². The van der Waals surface area contributed by atoms with Crippen LogP contribution in [-0.4, -0.2) is 12.1 Å². The summed E-state index contributed by atoms with van der Waals surface area (Å²) in [6.07, 6.45) is 0. The average molecular weight is 319 g/mol. The van der Waals surface area contributed by atoms with Crippen molar-refractivity contribution in [2.24, 2.45) is 0 Å². The molecule has 19 heavy (non-hydrogen) atoms. The van der Waals surface area contributed by atoms with E-state index in [1.165, 1.54) is 7.11 Å². The number of hydrogen-bond donors (Lipinski definition) is 2. The van der Waals surface area contributed by atoms with Gasteiger partial charge in [-0.15, -0.1) is 0 Å². The maximum Gasteiger partial charge on any atom is 0.215 e. The van der Waals surface area contributed by atoms with Crippen LogP contribution >= 0.6 is 15.9 Å². The maximum absolute atomic E-state index is 9.10. The Hall–Kier alpha value is -2.26. The maximum atomic E-state index is 9.10. The highest BCUT2D eigenvalue weighted by Gasteiger charge is 2.07. The van der Waals surface area contributed by atoms with Crippen LogP contribution in [0.3, 0.4) is 0 Å². The summed E-state index contributed by atoms with van der Waals surface area (Å²) in [7, 11) is 1.53. The minimum Gasteiger partial charge on any atom is -0.481 e. The first-order valence-electron chi connectivity index (χ1n) is 5.41. The van der Waals surface area contributed by atoms with E-state index in [4.69, 9.17) is 15.7 Å². The molecule has 0 aliphatic heterocycles. The van der Waals surface area contributed by atoms with E-state index in [0.29, 0.717) is 28.6 Å². The molecular weight excluding hydrogens is 308 g/mol. The molecule has 6 heteroatoms. The number of nitrogens with zero attached hydrogens (tertiary/aromatic N) is 2. The lowest BCUT2D eigenvalue weighted by atomic mass is 10.2. The van der Waals surface area contributed by atoms with Crippen LogP contribution in [0, 0.1) is 11.3 Å². The zero-order valence-corrected chi connectivity index (χ0v) is 11.7. The van der Waals surface area contributed by atoms with Crippen molar-refractivity contribution in [2.75, 3.05) is 18.2 Å². The molecule has 0 saturated heterocycles. The Morgan fingerprint density at radius 3 is 2.84 bits per heavy atom. The minimum atomic E-state index is 0.451. The fourth-order valence-corrected chi connectivity index (χ4v) is 1.87. The molecule has 0 amide bonds. The number of ether oxygens (including phenoxy) is 1. The van der Waals surface area contributed by atoms with Crippen molar-refractivity contribution in [2.45, 2.75) is 0 Å². The number of nitriles is 1. The predicted molar refractivity (Wildman–Crippen MR) is 77.3 cm³/mol. The molecule has 0 saturated carbocycles. The van der Waals surface area contributed by atoms with E-state index < -0.39 is 0 Å². The van der Waals surface area contributed by atoms with E-state index in [1.807, 2.05) is 6.07 Å². The van der Waals surface area contributed by atoms with Gasteiger partial charge in [0.2, 0.25) is 5.88 Å². The molecule has 0 spiro atoms. The van der Waals surface area contributed by atoms with Crippen LogP contribution in [0.5, 0.6) is 5.88 Å². The number of anilines is 3. The van der Waals surface area contributed by atoms with Gasteiger partial charge in [-0.25, -0.2) is 0 Å². The molecule has 1 aromatic carbocycles. The molecule has 2 rings (SSSR count). The summed E-state index contributed by atoms with van der Waals surface area (Å²) in [5, 5.41) is 12.1. The van der Waals surface area contributed by atoms with Crippen LogP contribution in [-0.2, 0) is 0 Å². The van der Waals surface area contributed by atoms with Gasteiger partial charge < -0.3 is 15.8 Å². The van der Waals surface area contributed by atoms with E-state index >= 15 is 0 Å². The third kappa shape index (κ3) is 2.95. The Bertz CT molecular complexity index is 652. The number of aromatic nitrogens is 1. The zero-order valence-electron chi connectivity index (χ0n) is 10.1. The Balaban J connectivity index is 2.39. The van der Waals surface area contributed by atoms with Crippen molar-refractivity contribution < 1.29 is 4.74 Å². The largest absolute Gasteiger partial charge is 0.481 e. The topological polar surface area (TPSA) is 84.0 Å². The Kier molecular flexibility index (Phi) is 3.88. The van der Waals surface area contributed by atoms with Crippen molar-refractivity contribution in [3.63, 3.8) is 0 Å². The number of nitrogens with two attached hydrogens (primary N) is 1. The number of benzene rings is 1. The van der Waals surface area contributed by atoms with Gasteiger partial charge in [0.05, 0.1) is 24.0 Å². The molecule has 0 aliphatic rings. The number of rotatable bonds is 3. The summed E-state index contributed by atoms with van der Waals surface area (Å²) < 4.78 is 5.88. The van der Waals surface area contributed by atoms with Crippen LogP contribution in [0.15, 0.2) is 34.8 Å². The number of nitrogen functional groups attached to an aromatic ring is 1. The highest BCUT2D eigenvalue weighted by Crippen LogP contribution is 2.27. The minimum absolute atomic E-state index is 0.451. The van der Waals surface area contributed by atoms with Gasteiger partial charge in [0, 0.05) is 10.5 Å². The molecule has 0 aliphatic carbocycles. The normalized spacial score (nSPS) is 9.74. The molecule has 2 aromatic rings. The molecule has 96 valence electrons. The lowest BCUT2D eigenvalue weighted by Crippen LogP contribution is -2.01. The van der Waals surface area contributed by atoms with E-state index in [0.717, 1.165) is 4.47 Å². The van der Waals surface area contributed by atoms with E-state index in [1.54, 1.807) is 24.3 Å². The van der Waals surface area contributed by atoms with E-state index in [2.05, 4.69) is 32.3 Å². The summed E-state index contributed by atoms with van der Waals surface area (Å²) in [5.74, 6) is 0.908. The molecule has 0 fully saturated rings. The first kappa shape index (κ1) is 13.2. The standard InChI is InChI=1S/C13H11BrN4O/c1-19-12-5-3-10(16)13(18-12)17-11-4-2-9(14)6-8(11)7-15/h2-6H,16H2,1H3,(H,17,18). The highest BCUT2D eigenvalue weighted by atomic mass is 79.9. The fraction of sp³-hybridized carbons (Fsp3) is 0.0769. The number of hydrogen-bond acceptors (Lipinski definition) is 5.